The van der Waals surface area contributed by atoms with Crippen LogP contribution in [0.5, 0.6) is 0 Å². The van der Waals surface area contributed by atoms with Crippen LogP contribution in [0, 0.1) is 10.1 Å². The van der Waals surface area contributed by atoms with Gasteiger partial charge in [0.05, 0.1) is 0 Å². The van der Waals surface area contributed by atoms with Gasteiger partial charge in [0, 0.05) is 12.1 Å². The highest BCUT2D eigenvalue weighted by Crippen LogP contribution is 2.36. The van der Waals surface area contributed by atoms with Crippen LogP contribution in [0.25, 0.3) is 0 Å². The fourth-order valence-corrected chi connectivity index (χ4v) is 3.83. The van der Waals surface area contributed by atoms with E-state index in [1.807, 2.05) is 6.07 Å². The van der Waals surface area contributed by atoms with E-state index in [2.05, 4.69) is 16.8 Å². The van der Waals surface area contributed by atoms with Crippen LogP contribution in [0.3, 0.4) is 0 Å². The standard InChI is InChI=1S/C17H22N2O5/c1-18-13-7-8-14(18)10-15(9-13)24-17(20)16(11-23-19(21)22)12-5-3-2-4-6-12/h2-6,13-16H,7-11H2,1H3/t13-,14+,15?,16?. The van der Waals surface area contributed by atoms with E-state index in [4.69, 9.17) is 4.74 Å². The highest BCUT2D eigenvalue weighted by atomic mass is 16.9. The summed E-state index contributed by atoms with van der Waals surface area (Å²) in [5.41, 5.74) is 0.667. The SMILES string of the molecule is CN1[C@@H]2CC[C@H]1CC(OC(=O)C(CO[N+](=O)[O-])c1ccccc1)C2. The van der Waals surface area contributed by atoms with Crippen molar-refractivity contribution in [3.63, 3.8) is 0 Å². The Hall–Kier alpha value is -2.15. The largest absolute Gasteiger partial charge is 0.462 e. The first-order chi connectivity index (χ1) is 11.5. The van der Waals surface area contributed by atoms with Crippen molar-refractivity contribution in [2.24, 2.45) is 0 Å². The average Bonchev–Trinajstić information content (AvgIpc) is 2.77. The Morgan fingerprint density at radius 3 is 2.50 bits per heavy atom. The molecule has 130 valence electrons. The number of esters is 1. The Morgan fingerprint density at radius 2 is 1.92 bits per heavy atom. The molecule has 3 rings (SSSR count). The number of carbonyl (C=O) groups excluding carboxylic acids is 1. The molecule has 0 spiro atoms. The molecular formula is C17H22N2O5. The molecule has 0 aliphatic carbocycles. The molecule has 0 N–H and O–H groups in total. The van der Waals surface area contributed by atoms with Gasteiger partial charge >= 0.3 is 5.97 Å². The minimum Gasteiger partial charge on any atom is -0.462 e. The lowest BCUT2D eigenvalue weighted by Gasteiger charge is -2.36. The van der Waals surface area contributed by atoms with Crippen LogP contribution in [0.2, 0.25) is 0 Å². The predicted octanol–water partition coefficient (Wildman–Crippen LogP) is 2.15. The minimum atomic E-state index is -0.876. The van der Waals surface area contributed by atoms with E-state index in [-0.39, 0.29) is 12.7 Å². The molecule has 7 nitrogen and oxygen atoms in total. The highest BCUT2D eigenvalue weighted by Gasteiger charge is 2.40. The zero-order valence-electron chi connectivity index (χ0n) is 13.7. The summed E-state index contributed by atoms with van der Waals surface area (Å²) in [6.45, 7) is -0.324. The normalized spacial score (nSPS) is 27.5. The molecule has 0 aromatic heterocycles. The Morgan fingerprint density at radius 1 is 1.29 bits per heavy atom. The molecule has 24 heavy (non-hydrogen) atoms. The van der Waals surface area contributed by atoms with Crippen molar-refractivity contribution < 1.29 is 19.5 Å². The van der Waals surface area contributed by atoms with Crippen LogP contribution in [-0.4, -0.2) is 47.8 Å². The number of fused-ring (bicyclic) bond motifs is 2. The summed E-state index contributed by atoms with van der Waals surface area (Å²) in [6.07, 6.45) is 3.82. The molecule has 1 aromatic carbocycles. The molecule has 4 atom stereocenters. The minimum absolute atomic E-state index is 0.118. The molecule has 2 saturated heterocycles. The Kier molecular flexibility index (Phi) is 4.99. The second kappa shape index (κ2) is 7.17. The number of hydrogen-bond acceptors (Lipinski definition) is 6. The van der Waals surface area contributed by atoms with Crippen LogP contribution in [0.4, 0.5) is 0 Å². The van der Waals surface area contributed by atoms with Gasteiger partial charge in [0.15, 0.2) is 0 Å². The van der Waals surface area contributed by atoms with Crippen LogP contribution in [0.15, 0.2) is 30.3 Å². The van der Waals surface area contributed by atoms with Crippen molar-refractivity contribution >= 4 is 5.97 Å². The number of hydrogen-bond donors (Lipinski definition) is 0. The molecule has 0 radical (unpaired) electrons. The number of rotatable bonds is 6. The number of carbonyl (C=O) groups is 1. The van der Waals surface area contributed by atoms with Gasteiger partial charge in [-0.05, 0) is 38.3 Å². The Bertz CT molecular complexity index is 580. The van der Waals surface area contributed by atoms with Gasteiger partial charge in [-0.2, -0.15) is 0 Å². The summed E-state index contributed by atoms with van der Waals surface area (Å²) in [7, 11) is 2.12. The molecular weight excluding hydrogens is 312 g/mol. The molecule has 2 aliphatic heterocycles. The summed E-state index contributed by atoms with van der Waals surface area (Å²) >= 11 is 0. The van der Waals surface area contributed by atoms with E-state index in [0.29, 0.717) is 17.6 Å². The third kappa shape index (κ3) is 3.67. The van der Waals surface area contributed by atoms with Gasteiger partial charge in [-0.25, -0.2) is 0 Å². The highest BCUT2D eigenvalue weighted by molar-refractivity contribution is 5.78. The summed E-state index contributed by atoms with van der Waals surface area (Å²) < 4.78 is 5.70. The third-order valence-electron chi connectivity index (χ3n) is 5.17. The van der Waals surface area contributed by atoms with Gasteiger partial charge in [-0.1, -0.05) is 30.3 Å². The van der Waals surface area contributed by atoms with Gasteiger partial charge in [0.2, 0.25) is 0 Å². The van der Waals surface area contributed by atoms with Gasteiger partial charge in [0.25, 0.3) is 5.09 Å². The molecule has 2 unspecified atom stereocenters. The maximum atomic E-state index is 12.6. The quantitative estimate of drug-likeness (QED) is 0.450. The number of ether oxygens (including phenoxy) is 1. The second-order valence-corrected chi connectivity index (χ2v) is 6.56. The lowest BCUT2D eigenvalue weighted by atomic mass is 9.98. The van der Waals surface area contributed by atoms with E-state index in [1.165, 1.54) is 0 Å². The molecule has 2 aliphatic rings. The first-order valence-electron chi connectivity index (χ1n) is 8.29. The molecule has 2 heterocycles. The lowest BCUT2D eigenvalue weighted by Crippen LogP contribution is -2.44. The zero-order valence-corrected chi connectivity index (χ0v) is 13.7. The molecule has 0 amide bonds. The second-order valence-electron chi connectivity index (χ2n) is 6.56. The van der Waals surface area contributed by atoms with Gasteiger partial charge < -0.3 is 14.5 Å². The van der Waals surface area contributed by atoms with Crippen molar-refractivity contribution in [3.8, 4) is 0 Å². The fraction of sp³-hybridized carbons (Fsp3) is 0.588. The molecule has 2 bridgehead atoms. The van der Waals surface area contributed by atoms with Crippen LogP contribution < -0.4 is 0 Å². The van der Waals surface area contributed by atoms with E-state index < -0.39 is 17.0 Å². The number of benzene rings is 1. The van der Waals surface area contributed by atoms with Crippen molar-refractivity contribution in [1.29, 1.82) is 0 Å². The first-order valence-corrected chi connectivity index (χ1v) is 8.29. The van der Waals surface area contributed by atoms with E-state index in [9.17, 15) is 14.9 Å². The van der Waals surface area contributed by atoms with E-state index >= 15 is 0 Å². The fourth-order valence-electron chi connectivity index (χ4n) is 3.83. The third-order valence-corrected chi connectivity index (χ3v) is 5.17. The Labute approximate surface area is 140 Å². The van der Waals surface area contributed by atoms with Crippen molar-refractivity contribution in [2.75, 3.05) is 13.7 Å². The van der Waals surface area contributed by atoms with E-state index in [1.54, 1.807) is 24.3 Å². The number of piperidine rings is 1. The maximum Gasteiger partial charge on any atom is 0.315 e. The molecule has 7 heteroatoms. The summed E-state index contributed by atoms with van der Waals surface area (Å²) in [4.78, 5) is 29.9. The zero-order chi connectivity index (χ0) is 17.1. The van der Waals surface area contributed by atoms with E-state index in [0.717, 1.165) is 25.7 Å². The smallest absolute Gasteiger partial charge is 0.315 e. The average molecular weight is 334 g/mol. The Balaban J connectivity index is 1.66. The first kappa shape index (κ1) is 16.7. The van der Waals surface area contributed by atoms with Crippen LogP contribution >= 0.6 is 0 Å². The van der Waals surface area contributed by atoms with Gasteiger partial charge in [-0.15, -0.1) is 10.1 Å². The maximum absolute atomic E-state index is 12.6. The lowest BCUT2D eigenvalue weighted by molar-refractivity contribution is -0.758. The van der Waals surface area contributed by atoms with Gasteiger partial charge in [-0.3, -0.25) is 4.79 Å². The monoisotopic (exact) mass is 334 g/mol. The van der Waals surface area contributed by atoms with Crippen molar-refractivity contribution in [3.05, 3.63) is 46.0 Å². The molecule has 0 saturated carbocycles. The van der Waals surface area contributed by atoms with Crippen LogP contribution in [0.1, 0.15) is 37.2 Å². The number of nitrogens with zero attached hydrogens (tertiary/aromatic N) is 2. The van der Waals surface area contributed by atoms with Crippen molar-refractivity contribution in [2.45, 2.75) is 49.8 Å². The predicted molar refractivity (Wildman–Crippen MR) is 85.8 cm³/mol. The molecule has 1 aromatic rings. The van der Waals surface area contributed by atoms with Gasteiger partial charge in [0.1, 0.15) is 18.6 Å². The topological polar surface area (TPSA) is 81.9 Å². The summed E-state index contributed by atoms with van der Waals surface area (Å²) in [5.74, 6) is -1.23. The van der Waals surface area contributed by atoms with Crippen LogP contribution in [-0.2, 0) is 14.4 Å². The summed E-state index contributed by atoms with van der Waals surface area (Å²) in [5, 5.41) is 9.63. The van der Waals surface area contributed by atoms with Crippen molar-refractivity contribution in [1.82, 2.24) is 4.90 Å². The molecule has 2 fully saturated rings. The summed E-state index contributed by atoms with van der Waals surface area (Å²) in [6, 6.07) is 9.85.